The van der Waals surface area contributed by atoms with Crippen LogP contribution in [0.1, 0.15) is 11.1 Å². The highest BCUT2D eigenvalue weighted by Gasteiger charge is 2.34. The molecular formula is C15H13F2N3O. The zero-order valence-electron chi connectivity index (χ0n) is 11.6. The van der Waals surface area contributed by atoms with E-state index in [-0.39, 0.29) is 18.2 Å². The Morgan fingerprint density at radius 1 is 1.19 bits per heavy atom. The number of halogens is 2. The van der Waals surface area contributed by atoms with Crippen molar-refractivity contribution in [1.82, 2.24) is 4.90 Å². The fourth-order valence-electron chi connectivity index (χ4n) is 2.29. The summed E-state index contributed by atoms with van der Waals surface area (Å²) in [6.45, 7) is 3.85. The standard InChI is InChI=1S/C15H13F2N3O/c1-9-6-11(16)12(7-10(9)2)20-14(21)8-13(17)19-5-3-4-18-15(19)20/h3-4,6-8H,5H2,1-2H3. The van der Waals surface area contributed by atoms with Crippen LogP contribution >= 0.6 is 0 Å². The summed E-state index contributed by atoms with van der Waals surface area (Å²) < 4.78 is 28.1. The fourth-order valence-corrected chi connectivity index (χ4v) is 2.29. The zero-order chi connectivity index (χ0) is 15.1. The van der Waals surface area contributed by atoms with Crippen LogP contribution in [0.5, 0.6) is 0 Å². The maximum absolute atomic E-state index is 14.2. The monoisotopic (exact) mass is 289 g/mol. The number of hydrogen-bond acceptors (Lipinski definition) is 3. The number of hydrogen-bond donors (Lipinski definition) is 0. The number of rotatable bonds is 1. The molecule has 0 saturated carbocycles. The molecule has 1 amide bonds. The first-order valence-electron chi connectivity index (χ1n) is 6.47. The molecule has 6 heteroatoms. The van der Waals surface area contributed by atoms with Gasteiger partial charge in [0.15, 0.2) is 0 Å². The van der Waals surface area contributed by atoms with Gasteiger partial charge in [0.05, 0.1) is 11.8 Å². The van der Waals surface area contributed by atoms with Gasteiger partial charge in [0.2, 0.25) is 11.9 Å². The van der Waals surface area contributed by atoms with Crippen LogP contribution in [0.3, 0.4) is 0 Å². The lowest BCUT2D eigenvalue weighted by atomic mass is 10.1. The summed E-state index contributed by atoms with van der Waals surface area (Å²) >= 11 is 0. The van der Waals surface area contributed by atoms with Crippen LogP contribution in [-0.2, 0) is 4.79 Å². The van der Waals surface area contributed by atoms with Gasteiger partial charge in [-0.15, -0.1) is 0 Å². The van der Waals surface area contributed by atoms with Gasteiger partial charge in [-0.05, 0) is 43.2 Å². The van der Waals surface area contributed by atoms with Crippen molar-refractivity contribution in [3.63, 3.8) is 0 Å². The van der Waals surface area contributed by atoms with Crippen molar-refractivity contribution in [1.29, 1.82) is 0 Å². The van der Waals surface area contributed by atoms with Crippen LogP contribution in [0.25, 0.3) is 0 Å². The van der Waals surface area contributed by atoms with E-state index in [1.807, 2.05) is 6.92 Å². The predicted octanol–water partition coefficient (Wildman–Crippen LogP) is 2.79. The van der Waals surface area contributed by atoms with Crippen LogP contribution < -0.4 is 4.90 Å². The maximum Gasteiger partial charge on any atom is 0.262 e. The lowest BCUT2D eigenvalue weighted by Crippen LogP contribution is -2.51. The SMILES string of the molecule is Cc1cc(F)c(N2C(=O)C=C(F)N3CC=CN=C32)cc1C. The van der Waals surface area contributed by atoms with Crippen molar-refractivity contribution in [2.45, 2.75) is 13.8 Å². The normalized spacial score (nSPS) is 17.6. The number of aryl methyl sites for hydroxylation is 2. The summed E-state index contributed by atoms with van der Waals surface area (Å²) in [6, 6.07) is 2.93. The van der Waals surface area contributed by atoms with Gasteiger partial charge in [-0.2, -0.15) is 4.39 Å². The Kier molecular flexibility index (Phi) is 3.08. The van der Waals surface area contributed by atoms with Crippen molar-refractivity contribution in [3.8, 4) is 0 Å². The minimum atomic E-state index is -0.691. The van der Waals surface area contributed by atoms with Crippen molar-refractivity contribution >= 4 is 17.6 Å². The molecule has 0 fully saturated rings. The predicted molar refractivity (Wildman–Crippen MR) is 75.8 cm³/mol. The number of nitrogens with zero attached hydrogens (tertiary/aromatic N) is 3. The largest absolute Gasteiger partial charge is 0.284 e. The van der Waals surface area contributed by atoms with E-state index in [1.54, 1.807) is 19.1 Å². The molecule has 0 radical (unpaired) electrons. The summed E-state index contributed by atoms with van der Waals surface area (Å²) in [5.41, 5.74) is 1.70. The average molecular weight is 289 g/mol. The van der Waals surface area contributed by atoms with Gasteiger partial charge in [-0.25, -0.2) is 14.3 Å². The third kappa shape index (κ3) is 2.12. The molecule has 2 heterocycles. The average Bonchev–Trinajstić information content (AvgIpc) is 2.44. The Balaban J connectivity index is 2.17. The minimum Gasteiger partial charge on any atom is -0.284 e. The van der Waals surface area contributed by atoms with Gasteiger partial charge >= 0.3 is 0 Å². The zero-order valence-corrected chi connectivity index (χ0v) is 11.6. The number of anilines is 1. The Hall–Kier alpha value is -2.50. The second kappa shape index (κ2) is 4.80. The van der Waals surface area contributed by atoms with Crippen molar-refractivity contribution in [2.75, 3.05) is 11.4 Å². The summed E-state index contributed by atoms with van der Waals surface area (Å²) in [6.07, 6.45) is 3.97. The molecular weight excluding hydrogens is 276 g/mol. The number of amides is 1. The van der Waals surface area contributed by atoms with E-state index in [9.17, 15) is 13.6 Å². The highest BCUT2D eigenvalue weighted by molar-refractivity contribution is 6.22. The second-order valence-electron chi connectivity index (χ2n) is 4.95. The van der Waals surface area contributed by atoms with Crippen molar-refractivity contribution < 1.29 is 13.6 Å². The Morgan fingerprint density at radius 2 is 1.90 bits per heavy atom. The molecule has 21 heavy (non-hydrogen) atoms. The molecule has 0 spiro atoms. The van der Waals surface area contributed by atoms with E-state index < -0.39 is 17.7 Å². The number of aliphatic imine (C=N–C) groups is 1. The lowest BCUT2D eigenvalue weighted by molar-refractivity contribution is -0.113. The molecule has 0 N–H and O–H groups in total. The van der Waals surface area contributed by atoms with E-state index in [4.69, 9.17) is 0 Å². The van der Waals surface area contributed by atoms with Crippen LogP contribution in [-0.4, -0.2) is 23.3 Å². The minimum absolute atomic E-state index is 0.0738. The number of carbonyl (C=O) groups is 1. The highest BCUT2D eigenvalue weighted by atomic mass is 19.1. The number of benzene rings is 1. The first-order valence-corrected chi connectivity index (χ1v) is 6.47. The van der Waals surface area contributed by atoms with Gasteiger partial charge in [0.1, 0.15) is 5.82 Å². The molecule has 4 nitrogen and oxygen atoms in total. The van der Waals surface area contributed by atoms with Crippen molar-refractivity contribution in [3.05, 3.63) is 53.4 Å². The molecule has 1 aromatic rings. The molecule has 0 bridgehead atoms. The van der Waals surface area contributed by atoms with Crippen molar-refractivity contribution in [2.24, 2.45) is 4.99 Å². The first-order chi connectivity index (χ1) is 9.99. The van der Waals surface area contributed by atoms with Gasteiger partial charge < -0.3 is 0 Å². The lowest BCUT2D eigenvalue weighted by Gasteiger charge is -2.35. The Morgan fingerprint density at radius 3 is 2.67 bits per heavy atom. The molecule has 2 aliphatic rings. The summed E-state index contributed by atoms with van der Waals surface area (Å²) in [4.78, 5) is 18.5. The second-order valence-corrected chi connectivity index (χ2v) is 4.95. The molecule has 0 atom stereocenters. The van der Waals surface area contributed by atoms with Crippen LogP contribution in [0, 0.1) is 19.7 Å². The van der Waals surface area contributed by atoms with E-state index >= 15 is 0 Å². The molecule has 2 aliphatic heterocycles. The molecule has 0 unspecified atom stereocenters. The maximum atomic E-state index is 14.2. The fraction of sp³-hybridized carbons (Fsp3) is 0.200. The quantitative estimate of drug-likeness (QED) is 0.745. The molecule has 108 valence electrons. The molecule has 0 saturated heterocycles. The number of guanidine groups is 1. The van der Waals surface area contributed by atoms with Gasteiger partial charge in [0, 0.05) is 12.7 Å². The Labute approximate surface area is 120 Å². The summed E-state index contributed by atoms with van der Waals surface area (Å²) in [7, 11) is 0. The van der Waals surface area contributed by atoms with E-state index in [2.05, 4.69) is 4.99 Å². The summed E-state index contributed by atoms with van der Waals surface area (Å²) in [5.74, 6) is -1.81. The van der Waals surface area contributed by atoms with Crippen LogP contribution in [0.2, 0.25) is 0 Å². The van der Waals surface area contributed by atoms with Crippen LogP contribution in [0.15, 0.2) is 41.4 Å². The molecule has 3 rings (SSSR count). The Bertz CT molecular complexity index is 722. The topological polar surface area (TPSA) is 35.9 Å². The molecule has 0 aliphatic carbocycles. The summed E-state index contributed by atoms with van der Waals surface area (Å²) in [5, 5.41) is 0. The van der Waals surface area contributed by atoms with Gasteiger partial charge in [0.25, 0.3) is 5.91 Å². The first kappa shape index (κ1) is 13.5. The van der Waals surface area contributed by atoms with Gasteiger partial charge in [-0.1, -0.05) is 0 Å². The molecule has 1 aromatic carbocycles. The number of fused-ring (bicyclic) bond motifs is 1. The highest BCUT2D eigenvalue weighted by Crippen LogP contribution is 2.29. The third-order valence-corrected chi connectivity index (χ3v) is 3.55. The van der Waals surface area contributed by atoms with E-state index in [0.29, 0.717) is 0 Å². The van der Waals surface area contributed by atoms with Gasteiger partial charge in [-0.3, -0.25) is 9.69 Å². The number of carbonyl (C=O) groups excluding carboxylic acids is 1. The molecule has 0 aromatic heterocycles. The smallest absolute Gasteiger partial charge is 0.262 e. The van der Waals surface area contributed by atoms with E-state index in [0.717, 1.165) is 22.1 Å². The van der Waals surface area contributed by atoms with E-state index in [1.165, 1.54) is 17.2 Å². The third-order valence-electron chi connectivity index (χ3n) is 3.55. The van der Waals surface area contributed by atoms with Crippen LogP contribution in [0.4, 0.5) is 14.5 Å².